The summed E-state index contributed by atoms with van der Waals surface area (Å²) in [4.78, 5) is 0. The van der Waals surface area contributed by atoms with Crippen LogP contribution in [0.1, 0.15) is 58.4 Å². The lowest BCUT2D eigenvalue weighted by Crippen LogP contribution is -2.21. The molecule has 2 nitrogen and oxygen atoms in total. The topological polar surface area (TPSA) is 28.7 Å². The van der Waals surface area contributed by atoms with E-state index in [-0.39, 0.29) is 0 Å². The number of hydrogen-bond donors (Lipinski definition) is 1. The van der Waals surface area contributed by atoms with Crippen LogP contribution >= 0.6 is 0 Å². The van der Waals surface area contributed by atoms with E-state index in [1.165, 1.54) is 37.7 Å². The maximum atomic E-state index is 4.05. The molecule has 0 saturated carbocycles. The third kappa shape index (κ3) is 2.60. The van der Waals surface area contributed by atoms with Gasteiger partial charge in [-0.15, -0.1) is 0 Å². The second-order valence-electron chi connectivity index (χ2n) is 4.40. The molecule has 1 N–H and O–H groups in total. The maximum Gasteiger partial charge on any atom is 0.0524 e. The summed E-state index contributed by atoms with van der Waals surface area (Å²) < 4.78 is 0. The molecule has 80 valence electrons. The van der Waals surface area contributed by atoms with E-state index in [1.54, 1.807) is 0 Å². The van der Waals surface area contributed by atoms with Gasteiger partial charge in [-0.2, -0.15) is 5.10 Å². The molecule has 1 rings (SSSR count). The van der Waals surface area contributed by atoms with Crippen LogP contribution in [-0.2, 0) is 5.41 Å². The summed E-state index contributed by atoms with van der Waals surface area (Å²) in [5, 5.41) is 6.97. The highest BCUT2D eigenvalue weighted by Gasteiger charge is 2.25. The fourth-order valence-electron chi connectivity index (χ4n) is 2.11. The standard InChI is InChI=1S/C12H22N2/c1-4-6-8-12(3,7-5-2)11-9-13-14-10-11/h9-10H,4-8H2,1-3H3,(H,13,14). The van der Waals surface area contributed by atoms with Gasteiger partial charge in [-0.05, 0) is 23.8 Å². The number of nitrogens with one attached hydrogen (secondary N) is 1. The number of aromatic nitrogens is 2. The molecule has 0 bridgehead atoms. The smallest absolute Gasteiger partial charge is 0.0524 e. The zero-order chi connectivity index (χ0) is 10.4. The third-order valence-corrected chi connectivity index (χ3v) is 3.08. The van der Waals surface area contributed by atoms with Crippen molar-refractivity contribution < 1.29 is 0 Å². The molecule has 1 heterocycles. The van der Waals surface area contributed by atoms with Crippen molar-refractivity contribution in [1.82, 2.24) is 10.2 Å². The molecular formula is C12H22N2. The number of nitrogens with zero attached hydrogens (tertiary/aromatic N) is 1. The van der Waals surface area contributed by atoms with Crippen LogP contribution in [0.5, 0.6) is 0 Å². The van der Waals surface area contributed by atoms with E-state index in [1.807, 2.05) is 12.4 Å². The van der Waals surface area contributed by atoms with Gasteiger partial charge in [0.2, 0.25) is 0 Å². The summed E-state index contributed by atoms with van der Waals surface area (Å²) in [6.45, 7) is 6.86. The largest absolute Gasteiger partial charge is 0.285 e. The minimum absolute atomic E-state index is 0.331. The van der Waals surface area contributed by atoms with E-state index in [2.05, 4.69) is 31.0 Å². The Kier molecular flexibility index (Phi) is 4.18. The molecule has 0 fully saturated rings. The Balaban J connectivity index is 2.70. The van der Waals surface area contributed by atoms with Crippen LogP contribution in [0.4, 0.5) is 0 Å². The Morgan fingerprint density at radius 2 is 2.07 bits per heavy atom. The van der Waals surface area contributed by atoms with E-state index in [9.17, 15) is 0 Å². The zero-order valence-electron chi connectivity index (χ0n) is 9.64. The normalized spacial score (nSPS) is 15.4. The van der Waals surface area contributed by atoms with Gasteiger partial charge in [0.15, 0.2) is 0 Å². The minimum Gasteiger partial charge on any atom is -0.285 e. The molecule has 1 unspecified atom stereocenters. The van der Waals surface area contributed by atoms with E-state index in [0.717, 1.165) is 0 Å². The summed E-state index contributed by atoms with van der Waals surface area (Å²) >= 11 is 0. The van der Waals surface area contributed by atoms with E-state index >= 15 is 0 Å². The number of H-pyrrole nitrogens is 1. The number of rotatable bonds is 6. The average molecular weight is 194 g/mol. The summed E-state index contributed by atoms with van der Waals surface area (Å²) in [5.74, 6) is 0. The van der Waals surface area contributed by atoms with Crippen LogP contribution < -0.4 is 0 Å². The second-order valence-corrected chi connectivity index (χ2v) is 4.40. The van der Waals surface area contributed by atoms with Crippen LogP contribution in [0.15, 0.2) is 12.4 Å². The van der Waals surface area contributed by atoms with Crippen molar-refractivity contribution in [1.29, 1.82) is 0 Å². The molecule has 0 amide bonds. The Labute approximate surface area is 87.1 Å². The minimum atomic E-state index is 0.331. The fourth-order valence-corrected chi connectivity index (χ4v) is 2.11. The fraction of sp³-hybridized carbons (Fsp3) is 0.750. The molecule has 1 aromatic heterocycles. The van der Waals surface area contributed by atoms with Gasteiger partial charge in [0, 0.05) is 6.20 Å². The van der Waals surface area contributed by atoms with Crippen LogP contribution in [0.3, 0.4) is 0 Å². The summed E-state index contributed by atoms with van der Waals surface area (Å²) in [5.41, 5.74) is 1.70. The molecule has 1 aromatic rings. The molecule has 2 heteroatoms. The van der Waals surface area contributed by atoms with Gasteiger partial charge in [-0.3, -0.25) is 5.10 Å². The van der Waals surface area contributed by atoms with Crippen molar-refractivity contribution in [3.63, 3.8) is 0 Å². The highest BCUT2D eigenvalue weighted by Crippen LogP contribution is 2.33. The van der Waals surface area contributed by atoms with Gasteiger partial charge in [-0.25, -0.2) is 0 Å². The molecule has 0 radical (unpaired) electrons. The summed E-state index contributed by atoms with van der Waals surface area (Å²) in [6, 6.07) is 0. The molecule has 0 spiro atoms. The van der Waals surface area contributed by atoms with Gasteiger partial charge < -0.3 is 0 Å². The van der Waals surface area contributed by atoms with Crippen LogP contribution in [-0.4, -0.2) is 10.2 Å². The molecule has 0 aliphatic rings. The van der Waals surface area contributed by atoms with Crippen molar-refractivity contribution >= 4 is 0 Å². The van der Waals surface area contributed by atoms with Crippen LogP contribution in [0.2, 0.25) is 0 Å². The Hall–Kier alpha value is -0.790. The van der Waals surface area contributed by atoms with Gasteiger partial charge in [-0.1, -0.05) is 40.0 Å². The first-order chi connectivity index (χ1) is 6.73. The zero-order valence-corrected chi connectivity index (χ0v) is 9.64. The number of aromatic amines is 1. The highest BCUT2D eigenvalue weighted by molar-refractivity contribution is 5.17. The van der Waals surface area contributed by atoms with Crippen molar-refractivity contribution in [3.8, 4) is 0 Å². The first-order valence-corrected chi connectivity index (χ1v) is 5.72. The van der Waals surface area contributed by atoms with Gasteiger partial charge >= 0.3 is 0 Å². The average Bonchev–Trinajstić information content (AvgIpc) is 2.68. The summed E-state index contributed by atoms with van der Waals surface area (Å²) in [7, 11) is 0. The number of unbranched alkanes of at least 4 members (excludes halogenated alkanes) is 1. The van der Waals surface area contributed by atoms with Crippen molar-refractivity contribution in [3.05, 3.63) is 18.0 Å². The molecule has 0 aromatic carbocycles. The monoisotopic (exact) mass is 194 g/mol. The molecule has 0 aliphatic carbocycles. The predicted molar refractivity (Wildman–Crippen MR) is 60.4 cm³/mol. The Morgan fingerprint density at radius 1 is 1.29 bits per heavy atom. The molecule has 1 atom stereocenters. The van der Waals surface area contributed by atoms with E-state index in [0.29, 0.717) is 5.41 Å². The highest BCUT2D eigenvalue weighted by atomic mass is 15.1. The van der Waals surface area contributed by atoms with E-state index < -0.39 is 0 Å². The van der Waals surface area contributed by atoms with Crippen LogP contribution in [0, 0.1) is 0 Å². The van der Waals surface area contributed by atoms with Gasteiger partial charge in [0.1, 0.15) is 0 Å². The van der Waals surface area contributed by atoms with Gasteiger partial charge in [0.05, 0.1) is 6.20 Å². The molecule has 0 saturated heterocycles. The maximum absolute atomic E-state index is 4.05. The first kappa shape index (κ1) is 11.3. The molecule has 0 aliphatic heterocycles. The van der Waals surface area contributed by atoms with Crippen molar-refractivity contribution in [2.75, 3.05) is 0 Å². The van der Waals surface area contributed by atoms with E-state index in [4.69, 9.17) is 0 Å². The van der Waals surface area contributed by atoms with Crippen molar-refractivity contribution in [2.45, 2.75) is 58.3 Å². The summed E-state index contributed by atoms with van der Waals surface area (Å²) in [6.07, 6.45) is 10.4. The third-order valence-electron chi connectivity index (χ3n) is 3.08. The molecular weight excluding hydrogens is 172 g/mol. The predicted octanol–water partition coefficient (Wildman–Crippen LogP) is 3.66. The molecule has 14 heavy (non-hydrogen) atoms. The van der Waals surface area contributed by atoms with Crippen LogP contribution in [0.25, 0.3) is 0 Å². The lowest BCUT2D eigenvalue weighted by Gasteiger charge is -2.28. The second kappa shape index (κ2) is 5.18. The Bertz CT molecular complexity index is 241. The first-order valence-electron chi connectivity index (χ1n) is 5.72. The van der Waals surface area contributed by atoms with Crippen molar-refractivity contribution in [2.24, 2.45) is 0 Å². The number of hydrogen-bond acceptors (Lipinski definition) is 1. The lowest BCUT2D eigenvalue weighted by atomic mass is 9.76. The Morgan fingerprint density at radius 3 is 2.57 bits per heavy atom. The SMILES string of the molecule is CCCCC(C)(CCC)c1cn[nH]c1. The lowest BCUT2D eigenvalue weighted by molar-refractivity contribution is 0.383. The quantitative estimate of drug-likeness (QED) is 0.735. The van der Waals surface area contributed by atoms with Gasteiger partial charge in [0.25, 0.3) is 0 Å².